The van der Waals surface area contributed by atoms with Crippen molar-refractivity contribution in [2.75, 3.05) is 7.11 Å². The van der Waals surface area contributed by atoms with Crippen molar-refractivity contribution < 1.29 is 19.1 Å². The van der Waals surface area contributed by atoms with Crippen molar-refractivity contribution in [3.05, 3.63) is 71.3 Å². The van der Waals surface area contributed by atoms with Gasteiger partial charge in [-0.1, -0.05) is 18.6 Å². The van der Waals surface area contributed by atoms with E-state index in [9.17, 15) is 9.59 Å². The molecule has 1 aromatic heterocycles. The van der Waals surface area contributed by atoms with Gasteiger partial charge < -0.3 is 14.4 Å². The summed E-state index contributed by atoms with van der Waals surface area (Å²) in [7, 11) is 1.61. The molecule has 1 fully saturated rings. The van der Waals surface area contributed by atoms with Gasteiger partial charge in [-0.25, -0.2) is 0 Å². The number of carbonyl (C=O) groups is 2. The molecule has 3 unspecified atom stereocenters. The molecule has 154 valence electrons. The Hall–Kier alpha value is -3.15. The van der Waals surface area contributed by atoms with E-state index in [0.717, 1.165) is 36.8 Å². The number of hydrogen-bond acceptors (Lipinski definition) is 5. The summed E-state index contributed by atoms with van der Waals surface area (Å²) >= 11 is 0. The third-order valence-electron chi connectivity index (χ3n) is 6.37. The summed E-state index contributed by atoms with van der Waals surface area (Å²) < 4.78 is 11.6. The third kappa shape index (κ3) is 3.07. The zero-order chi connectivity index (χ0) is 20.7. The van der Waals surface area contributed by atoms with E-state index in [4.69, 9.17) is 9.47 Å². The molecular formula is C24H24N2O4. The average Bonchev–Trinajstić information content (AvgIpc) is 3.06. The highest BCUT2D eigenvalue weighted by molar-refractivity contribution is 6.11. The summed E-state index contributed by atoms with van der Waals surface area (Å²) in [5.41, 5.74) is 2.31. The van der Waals surface area contributed by atoms with Crippen LogP contribution >= 0.6 is 0 Å². The van der Waals surface area contributed by atoms with Crippen LogP contribution < -0.4 is 4.74 Å². The molecule has 0 spiro atoms. The van der Waals surface area contributed by atoms with Gasteiger partial charge in [0.2, 0.25) is 0 Å². The van der Waals surface area contributed by atoms with Crippen molar-refractivity contribution >= 4 is 11.7 Å². The van der Waals surface area contributed by atoms with Gasteiger partial charge in [0, 0.05) is 18.9 Å². The predicted octanol–water partition coefficient (Wildman–Crippen LogP) is 3.59. The molecule has 2 aliphatic heterocycles. The van der Waals surface area contributed by atoms with Gasteiger partial charge in [-0.15, -0.1) is 0 Å². The molecule has 0 bridgehead atoms. The van der Waals surface area contributed by atoms with Crippen LogP contribution in [-0.4, -0.2) is 34.8 Å². The maximum atomic E-state index is 13.6. The Morgan fingerprint density at radius 1 is 1.13 bits per heavy atom. The molecule has 5 rings (SSSR count). The second-order valence-corrected chi connectivity index (χ2v) is 8.12. The van der Waals surface area contributed by atoms with Crippen molar-refractivity contribution in [3.8, 4) is 5.75 Å². The molecule has 0 radical (unpaired) electrons. The zero-order valence-electron chi connectivity index (χ0n) is 16.9. The smallest absolute Gasteiger partial charge is 0.290 e. The van der Waals surface area contributed by atoms with Crippen LogP contribution in [0.2, 0.25) is 0 Å². The van der Waals surface area contributed by atoms with E-state index in [-0.39, 0.29) is 29.5 Å². The number of hydrogen-bond donors (Lipinski definition) is 0. The fourth-order valence-corrected chi connectivity index (χ4v) is 4.90. The number of ether oxygens (including phenoxy) is 2. The molecule has 3 aliphatic rings. The summed E-state index contributed by atoms with van der Waals surface area (Å²) in [6.45, 7) is 0.377. The first-order valence-electron chi connectivity index (χ1n) is 10.5. The Morgan fingerprint density at radius 2 is 1.93 bits per heavy atom. The van der Waals surface area contributed by atoms with Crippen molar-refractivity contribution in [1.29, 1.82) is 0 Å². The van der Waals surface area contributed by atoms with Crippen LogP contribution in [0.15, 0.2) is 60.1 Å². The second kappa shape index (κ2) is 7.59. The molecule has 3 heterocycles. The van der Waals surface area contributed by atoms with Gasteiger partial charge in [-0.2, -0.15) is 0 Å². The van der Waals surface area contributed by atoms with Crippen LogP contribution in [0.25, 0.3) is 0 Å². The van der Waals surface area contributed by atoms with Crippen LogP contribution in [0.5, 0.6) is 5.75 Å². The SMILES string of the molecule is COc1cccc(C2C3=C(OC4CCCCC4C3=O)C(=O)N2Cc2ccncc2)c1. The largest absolute Gasteiger partial charge is 0.497 e. The molecule has 2 aromatic rings. The Balaban J connectivity index is 1.60. The van der Waals surface area contributed by atoms with Crippen molar-refractivity contribution in [2.24, 2.45) is 5.92 Å². The highest BCUT2D eigenvalue weighted by Crippen LogP contribution is 2.47. The standard InChI is InChI=1S/C24H24N2O4/c1-29-17-6-4-5-16(13-17)21-20-22(27)18-7-2-3-8-19(18)30-23(20)24(28)26(21)14-15-9-11-25-12-10-15/h4-6,9-13,18-19,21H,2-3,7-8,14H2,1H3. The lowest BCUT2D eigenvalue weighted by molar-refractivity contribution is -0.135. The predicted molar refractivity (Wildman–Crippen MR) is 109 cm³/mol. The minimum Gasteiger partial charge on any atom is -0.497 e. The van der Waals surface area contributed by atoms with Gasteiger partial charge in [0.1, 0.15) is 11.9 Å². The highest BCUT2D eigenvalue weighted by atomic mass is 16.5. The lowest BCUT2D eigenvalue weighted by Gasteiger charge is -2.35. The molecule has 1 aliphatic carbocycles. The number of nitrogens with zero attached hydrogens (tertiary/aromatic N) is 2. The molecular weight excluding hydrogens is 380 g/mol. The van der Waals surface area contributed by atoms with E-state index in [0.29, 0.717) is 17.9 Å². The first kappa shape index (κ1) is 18.9. The number of fused-ring (bicyclic) bond motifs is 1. The lowest BCUT2D eigenvalue weighted by atomic mass is 9.77. The zero-order valence-corrected chi connectivity index (χ0v) is 16.9. The molecule has 6 heteroatoms. The third-order valence-corrected chi connectivity index (χ3v) is 6.37. The van der Waals surface area contributed by atoms with Gasteiger partial charge in [0.25, 0.3) is 5.91 Å². The number of Topliss-reactive ketones (excluding diaryl/α,β-unsaturated/α-hetero) is 1. The fourth-order valence-electron chi connectivity index (χ4n) is 4.90. The number of pyridine rings is 1. The summed E-state index contributed by atoms with van der Waals surface area (Å²) in [6.07, 6.45) is 6.95. The summed E-state index contributed by atoms with van der Waals surface area (Å²) in [5.74, 6) is 0.633. The molecule has 0 saturated heterocycles. The monoisotopic (exact) mass is 404 g/mol. The van der Waals surface area contributed by atoms with Crippen LogP contribution in [-0.2, 0) is 20.9 Å². The van der Waals surface area contributed by atoms with Crippen LogP contribution in [0.4, 0.5) is 0 Å². The Labute approximate surface area is 175 Å². The van der Waals surface area contributed by atoms with Crippen LogP contribution in [0, 0.1) is 5.92 Å². The molecule has 6 nitrogen and oxygen atoms in total. The number of ketones is 1. The summed E-state index contributed by atoms with van der Waals surface area (Å²) in [5, 5.41) is 0. The second-order valence-electron chi connectivity index (χ2n) is 8.12. The Kier molecular flexibility index (Phi) is 4.77. The van der Waals surface area contributed by atoms with Gasteiger partial charge >= 0.3 is 0 Å². The summed E-state index contributed by atoms with van der Waals surface area (Å²) in [4.78, 5) is 32.8. The molecule has 1 saturated carbocycles. The highest BCUT2D eigenvalue weighted by Gasteiger charge is 2.51. The number of aromatic nitrogens is 1. The molecule has 1 amide bonds. The van der Waals surface area contributed by atoms with Crippen molar-refractivity contribution in [1.82, 2.24) is 9.88 Å². The maximum absolute atomic E-state index is 13.6. The quantitative estimate of drug-likeness (QED) is 0.779. The number of benzene rings is 1. The van der Waals surface area contributed by atoms with E-state index >= 15 is 0 Å². The lowest BCUT2D eigenvalue weighted by Crippen LogP contribution is -2.39. The number of amides is 1. The van der Waals surface area contributed by atoms with Crippen LogP contribution in [0.3, 0.4) is 0 Å². The topological polar surface area (TPSA) is 68.7 Å². The van der Waals surface area contributed by atoms with Gasteiger partial charge in [-0.3, -0.25) is 14.6 Å². The normalized spacial score (nSPS) is 25.6. The van der Waals surface area contributed by atoms with Crippen molar-refractivity contribution in [3.63, 3.8) is 0 Å². The number of carbonyl (C=O) groups excluding carboxylic acids is 2. The Bertz CT molecular complexity index is 1020. The van der Waals surface area contributed by atoms with E-state index < -0.39 is 6.04 Å². The van der Waals surface area contributed by atoms with Gasteiger partial charge in [-0.05, 0) is 54.7 Å². The number of methoxy groups -OCH3 is 1. The molecule has 1 aromatic carbocycles. The van der Waals surface area contributed by atoms with E-state index in [2.05, 4.69) is 4.98 Å². The maximum Gasteiger partial charge on any atom is 0.290 e. The van der Waals surface area contributed by atoms with E-state index in [1.54, 1.807) is 24.4 Å². The molecule has 3 atom stereocenters. The summed E-state index contributed by atoms with van der Waals surface area (Å²) in [6, 6.07) is 10.9. The minimum atomic E-state index is -0.480. The fraction of sp³-hybridized carbons (Fsp3) is 0.375. The molecule has 0 N–H and O–H groups in total. The first-order chi connectivity index (χ1) is 14.7. The van der Waals surface area contributed by atoms with E-state index in [1.807, 2.05) is 36.4 Å². The Morgan fingerprint density at radius 3 is 2.73 bits per heavy atom. The average molecular weight is 404 g/mol. The van der Waals surface area contributed by atoms with Crippen LogP contribution in [0.1, 0.15) is 42.9 Å². The van der Waals surface area contributed by atoms with E-state index in [1.165, 1.54) is 0 Å². The van der Waals surface area contributed by atoms with Gasteiger partial charge in [0.05, 0.1) is 24.6 Å². The first-order valence-corrected chi connectivity index (χ1v) is 10.5. The molecule has 30 heavy (non-hydrogen) atoms. The van der Waals surface area contributed by atoms with Gasteiger partial charge in [0.15, 0.2) is 11.5 Å². The van der Waals surface area contributed by atoms with Crippen molar-refractivity contribution in [2.45, 2.75) is 44.4 Å². The minimum absolute atomic E-state index is 0.0688. The number of rotatable bonds is 4.